The molecule has 1 aliphatic rings. The Kier molecular flexibility index (Phi) is 4.57. The monoisotopic (exact) mass is 342 g/mol. The second-order valence-corrected chi connectivity index (χ2v) is 7.18. The number of carbonyl (C=O) groups is 2. The Bertz CT molecular complexity index is 783. The third kappa shape index (κ3) is 3.87. The highest BCUT2D eigenvalue weighted by Crippen LogP contribution is 2.28. The number of nitrogens with zero attached hydrogens (tertiary/aromatic N) is 4. The molecule has 0 unspecified atom stereocenters. The minimum Gasteiger partial charge on any atom is -0.481 e. The molecule has 2 aromatic rings. The van der Waals surface area contributed by atoms with Crippen LogP contribution in [0.25, 0.3) is 11.4 Å². The molecule has 7 nitrogen and oxygen atoms in total. The first kappa shape index (κ1) is 17.1. The molecular formula is C18H22N4O3. The third-order valence-corrected chi connectivity index (χ3v) is 4.40. The number of benzene rings is 1. The van der Waals surface area contributed by atoms with E-state index in [1.54, 1.807) is 18.7 Å². The van der Waals surface area contributed by atoms with Crippen LogP contribution in [-0.4, -0.2) is 43.2 Å². The fourth-order valence-electron chi connectivity index (χ4n) is 3.16. The SMILES string of the molecule is CC(C)(CC(=O)O)CC(=O)N1CCn2c(nnc2-c2ccccc2)C1. The molecule has 1 N–H and O–H groups in total. The second kappa shape index (κ2) is 6.66. The minimum absolute atomic E-state index is 0.0269. The smallest absolute Gasteiger partial charge is 0.303 e. The Balaban J connectivity index is 1.71. The number of carboxylic acids is 1. The molecule has 0 atom stereocenters. The van der Waals surface area contributed by atoms with Crippen molar-refractivity contribution in [1.82, 2.24) is 19.7 Å². The Morgan fingerprint density at radius 1 is 1.12 bits per heavy atom. The summed E-state index contributed by atoms with van der Waals surface area (Å²) >= 11 is 0. The summed E-state index contributed by atoms with van der Waals surface area (Å²) in [6.07, 6.45) is 0.180. The number of carboxylic acid groups (broad SMARTS) is 1. The highest BCUT2D eigenvalue weighted by Gasteiger charge is 2.30. The number of carbonyl (C=O) groups excluding carboxylic acids is 1. The molecule has 1 aromatic carbocycles. The summed E-state index contributed by atoms with van der Waals surface area (Å²) in [7, 11) is 0. The van der Waals surface area contributed by atoms with Crippen LogP contribution in [0.4, 0.5) is 0 Å². The van der Waals surface area contributed by atoms with E-state index < -0.39 is 11.4 Å². The second-order valence-electron chi connectivity index (χ2n) is 7.18. The highest BCUT2D eigenvalue weighted by atomic mass is 16.4. The van der Waals surface area contributed by atoms with Crippen LogP contribution in [0.15, 0.2) is 30.3 Å². The molecule has 1 amide bonds. The van der Waals surface area contributed by atoms with E-state index >= 15 is 0 Å². The van der Waals surface area contributed by atoms with Crippen LogP contribution >= 0.6 is 0 Å². The Morgan fingerprint density at radius 2 is 1.84 bits per heavy atom. The number of hydrogen-bond acceptors (Lipinski definition) is 4. The van der Waals surface area contributed by atoms with Gasteiger partial charge in [0, 0.05) is 25.1 Å². The number of aliphatic carboxylic acids is 1. The number of aromatic nitrogens is 3. The molecule has 0 saturated carbocycles. The van der Waals surface area contributed by atoms with Gasteiger partial charge in [0.25, 0.3) is 0 Å². The van der Waals surface area contributed by atoms with Gasteiger partial charge in [-0.25, -0.2) is 0 Å². The van der Waals surface area contributed by atoms with Crippen LogP contribution in [-0.2, 0) is 22.7 Å². The molecule has 25 heavy (non-hydrogen) atoms. The fourth-order valence-corrected chi connectivity index (χ4v) is 3.16. The summed E-state index contributed by atoms with van der Waals surface area (Å²) < 4.78 is 2.04. The predicted octanol–water partition coefficient (Wildman–Crippen LogP) is 2.18. The molecule has 0 saturated heterocycles. The first-order valence-electron chi connectivity index (χ1n) is 8.33. The third-order valence-electron chi connectivity index (χ3n) is 4.40. The Morgan fingerprint density at radius 3 is 2.52 bits per heavy atom. The zero-order valence-corrected chi connectivity index (χ0v) is 14.5. The van der Waals surface area contributed by atoms with Gasteiger partial charge >= 0.3 is 5.97 Å². The number of rotatable bonds is 5. The molecular weight excluding hydrogens is 320 g/mol. The van der Waals surface area contributed by atoms with E-state index in [2.05, 4.69) is 10.2 Å². The molecule has 1 aliphatic heterocycles. The maximum Gasteiger partial charge on any atom is 0.303 e. The largest absolute Gasteiger partial charge is 0.481 e. The lowest BCUT2D eigenvalue weighted by molar-refractivity contribution is -0.141. The van der Waals surface area contributed by atoms with Crippen molar-refractivity contribution in [3.05, 3.63) is 36.2 Å². The van der Waals surface area contributed by atoms with Crippen molar-refractivity contribution in [2.75, 3.05) is 6.54 Å². The number of amides is 1. The maximum atomic E-state index is 12.6. The summed E-state index contributed by atoms with van der Waals surface area (Å²) in [5, 5.41) is 17.5. The normalized spacial score (nSPS) is 14.2. The number of fused-ring (bicyclic) bond motifs is 1. The van der Waals surface area contributed by atoms with Crippen molar-refractivity contribution >= 4 is 11.9 Å². The van der Waals surface area contributed by atoms with Crippen LogP contribution < -0.4 is 0 Å². The van der Waals surface area contributed by atoms with Crippen molar-refractivity contribution in [2.24, 2.45) is 5.41 Å². The fraction of sp³-hybridized carbons (Fsp3) is 0.444. The van der Waals surface area contributed by atoms with Gasteiger partial charge in [-0.2, -0.15) is 0 Å². The van der Waals surface area contributed by atoms with Crippen molar-refractivity contribution < 1.29 is 14.7 Å². The van der Waals surface area contributed by atoms with E-state index in [0.717, 1.165) is 17.2 Å². The standard InChI is InChI=1S/C18H22N4O3/c1-18(2,11-16(24)25)10-15(23)21-8-9-22-14(12-21)19-20-17(22)13-6-4-3-5-7-13/h3-7H,8-12H2,1-2H3,(H,24,25). The lowest BCUT2D eigenvalue weighted by Crippen LogP contribution is -2.40. The van der Waals surface area contributed by atoms with E-state index in [1.807, 2.05) is 34.9 Å². The molecule has 0 fully saturated rings. The van der Waals surface area contributed by atoms with E-state index in [4.69, 9.17) is 5.11 Å². The molecule has 1 aromatic heterocycles. The first-order valence-corrected chi connectivity index (χ1v) is 8.33. The van der Waals surface area contributed by atoms with Crippen molar-refractivity contribution in [3.8, 4) is 11.4 Å². The molecule has 2 heterocycles. The van der Waals surface area contributed by atoms with Gasteiger partial charge in [0.15, 0.2) is 11.6 Å². The zero-order chi connectivity index (χ0) is 18.0. The summed E-state index contributed by atoms with van der Waals surface area (Å²) in [5.74, 6) is 0.647. The zero-order valence-electron chi connectivity index (χ0n) is 14.5. The highest BCUT2D eigenvalue weighted by molar-refractivity contribution is 5.78. The molecule has 0 bridgehead atoms. The molecule has 0 spiro atoms. The van der Waals surface area contributed by atoms with Crippen LogP contribution in [0, 0.1) is 5.41 Å². The Hall–Kier alpha value is -2.70. The average Bonchev–Trinajstić information content (AvgIpc) is 2.97. The van der Waals surface area contributed by atoms with Crippen molar-refractivity contribution in [3.63, 3.8) is 0 Å². The minimum atomic E-state index is -0.885. The van der Waals surface area contributed by atoms with Gasteiger partial charge in [0.05, 0.1) is 13.0 Å². The van der Waals surface area contributed by atoms with Crippen LogP contribution in [0.1, 0.15) is 32.5 Å². The summed E-state index contributed by atoms with van der Waals surface area (Å²) in [6.45, 7) is 5.23. The van der Waals surface area contributed by atoms with Gasteiger partial charge in [-0.15, -0.1) is 10.2 Å². The maximum absolute atomic E-state index is 12.6. The summed E-state index contributed by atoms with van der Waals surface area (Å²) in [6, 6.07) is 9.85. The molecule has 0 radical (unpaired) electrons. The van der Waals surface area contributed by atoms with Gasteiger partial charge < -0.3 is 14.6 Å². The van der Waals surface area contributed by atoms with Crippen molar-refractivity contribution in [2.45, 2.75) is 39.8 Å². The average molecular weight is 342 g/mol. The molecule has 0 aliphatic carbocycles. The van der Waals surface area contributed by atoms with E-state index in [-0.39, 0.29) is 18.7 Å². The Labute approximate surface area is 146 Å². The van der Waals surface area contributed by atoms with Crippen molar-refractivity contribution in [1.29, 1.82) is 0 Å². The van der Waals surface area contributed by atoms with Crippen LogP contribution in [0.5, 0.6) is 0 Å². The summed E-state index contributed by atoms with van der Waals surface area (Å²) in [5.41, 5.74) is 0.437. The molecule has 132 valence electrons. The first-order chi connectivity index (χ1) is 11.9. The van der Waals surface area contributed by atoms with E-state index in [9.17, 15) is 9.59 Å². The predicted molar refractivity (Wildman–Crippen MR) is 91.5 cm³/mol. The van der Waals surface area contributed by atoms with Gasteiger partial charge in [0.1, 0.15) is 0 Å². The summed E-state index contributed by atoms with van der Waals surface area (Å²) in [4.78, 5) is 25.2. The molecule has 3 rings (SSSR count). The lowest BCUT2D eigenvalue weighted by atomic mass is 9.85. The quantitative estimate of drug-likeness (QED) is 0.900. The number of hydrogen-bond donors (Lipinski definition) is 1. The van der Waals surface area contributed by atoms with Crippen LogP contribution in [0.2, 0.25) is 0 Å². The van der Waals surface area contributed by atoms with E-state index in [0.29, 0.717) is 19.6 Å². The van der Waals surface area contributed by atoms with Gasteiger partial charge in [-0.05, 0) is 5.41 Å². The van der Waals surface area contributed by atoms with Crippen LogP contribution in [0.3, 0.4) is 0 Å². The molecule has 7 heteroatoms. The van der Waals surface area contributed by atoms with Gasteiger partial charge in [-0.1, -0.05) is 44.2 Å². The van der Waals surface area contributed by atoms with E-state index in [1.165, 1.54) is 0 Å². The lowest BCUT2D eigenvalue weighted by Gasteiger charge is -2.31. The topological polar surface area (TPSA) is 88.3 Å². The van der Waals surface area contributed by atoms with Gasteiger partial charge in [0.2, 0.25) is 5.91 Å². The van der Waals surface area contributed by atoms with Gasteiger partial charge in [-0.3, -0.25) is 9.59 Å².